The maximum atomic E-state index is 13.2. The van der Waals surface area contributed by atoms with E-state index in [0.29, 0.717) is 0 Å². The lowest BCUT2D eigenvalue weighted by atomic mass is 10.0. The van der Waals surface area contributed by atoms with E-state index in [1.165, 1.54) is 6.07 Å². The molecule has 0 saturated carbocycles. The normalized spacial score (nSPS) is 60.8. The number of nitrogens with one attached hydrogen (secondary N) is 1. The fourth-order valence-corrected chi connectivity index (χ4v) is 2.08. The molecule has 0 spiro atoms. The highest BCUT2D eigenvalue weighted by Crippen LogP contribution is 2.35. The molecule has 4 rings (SSSR count). The van der Waals surface area contributed by atoms with Gasteiger partial charge in [-0.2, -0.15) is 0 Å². The van der Waals surface area contributed by atoms with Crippen LogP contribution in [0.4, 0.5) is 0 Å². The van der Waals surface area contributed by atoms with E-state index in [9.17, 15) is 4.79 Å². The van der Waals surface area contributed by atoms with E-state index >= 15 is 0 Å². The van der Waals surface area contributed by atoms with Crippen LogP contribution in [0.3, 0.4) is 0 Å². The van der Waals surface area contributed by atoms with Crippen LogP contribution in [-0.4, -0.2) is 40.9 Å². The number of ether oxygens (including phenoxy) is 1. The van der Waals surface area contributed by atoms with Crippen molar-refractivity contribution in [3.05, 3.63) is 36.0 Å². The predicted octanol–water partition coefficient (Wildman–Crippen LogP) is 2.95. The monoisotopic (exact) mass is 300 g/mol. The zero-order valence-electron chi connectivity index (χ0n) is 26.5. The number of hydrogen-bond acceptors (Lipinski definition) is 3. The van der Waals surface area contributed by atoms with Gasteiger partial charge in [0, 0.05) is 59.7 Å². The average Bonchev–Trinajstić information content (AvgIpc) is 3.21. The molecule has 0 amide bonds. The Hall–Kier alpha value is -1.81. The molecule has 2 aliphatic heterocycles. The fraction of sp³-hybridized carbons (Fsp3) is 0.471. The lowest BCUT2D eigenvalue weighted by Gasteiger charge is -2.35. The van der Waals surface area contributed by atoms with Crippen LogP contribution in [0.15, 0.2) is 30.4 Å². The summed E-state index contributed by atoms with van der Waals surface area (Å²) in [6.45, 7) is -3.79. The third-order valence-corrected chi connectivity index (χ3v) is 3.08. The number of piperidine rings is 1. The molecule has 0 radical (unpaired) electrons. The summed E-state index contributed by atoms with van der Waals surface area (Å²) in [5.74, 6) is -1.61. The van der Waals surface area contributed by atoms with Gasteiger partial charge in [-0.3, -0.25) is 0 Å². The topological polar surface area (TPSA) is 45.3 Å². The number of rotatable bonds is 2. The number of fused-ring (bicyclic) bond motifs is 3. The van der Waals surface area contributed by atoms with Crippen LogP contribution in [0.5, 0.6) is 0 Å². The molecule has 2 saturated heterocycles. The van der Waals surface area contributed by atoms with Crippen LogP contribution < -0.4 is 0 Å². The third kappa shape index (κ3) is 2.14. The largest absolute Gasteiger partial charge is 0.459 e. The molecule has 3 atom stereocenters. The number of carbonyl (C=O) groups is 1. The Labute approximate surface area is 146 Å². The van der Waals surface area contributed by atoms with Gasteiger partial charge in [0.25, 0.3) is 0 Å². The highest BCUT2D eigenvalue weighted by molar-refractivity contribution is 6.04. The zero-order chi connectivity index (χ0) is 28.6. The molecule has 0 aliphatic carbocycles. The summed E-state index contributed by atoms with van der Waals surface area (Å²) < 4.78 is 137. The Kier molecular flexibility index (Phi) is 1.01. The minimum absolute atomic E-state index is 0.0246. The second-order valence-electron chi connectivity index (χ2n) is 4.34. The zero-order valence-corrected chi connectivity index (χ0v) is 10.5. The van der Waals surface area contributed by atoms with Gasteiger partial charge in [-0.1, -0.05) is 18.2 Å². The molecule has 4 heteroatoms. The van der Waals surface area contributed by atoms with Crippen molar-refractivity contribution in [1.82, 2.24) is 9.88 Å². The predicted molar refractivity (Wildman–Crippen MR) is 81.3 cm³/mol. The van der Waals surface area contributed by atoms with Crippen molar-refractivity contribution < 1.29 is 31.5 Å². The van der Waals surface area contributed by atoms with Gasteiger partial charge in [0.2, 0.25) is 0 Å². The lowest BCUT2D eigenvalue weighted by Crippen LogP contribution is -2.43. The maximum Gasteiger partial charge on any atom is 0.340 e. The Morgan fingerprint density at radius 2 is 2.38 bits per heavy atom. The molecule has 21 heavy (non-hydrogen) atoms. The lowest BCUT2D eigenvalue weighted by molar-refractivity contribution is -0.000258. The van der Waals surface area contributed by atoms with Crippen molar-refractivity contribution in [1.29, 1.82) is 0 Å². The fourth-order valence-electron chi connectivity index (χ4n) is 2.08. The summed E-state index contributed by atoms with van der Waals surface area (Å²) in [6.07, 6.45) is -19.1. The Morgan fingerprint density at radius 3 is 3.14 bits per heavy atom. The molecule has 2 fully saturated rings. The first kappa shape index (κ1) is 4.35. The molecular weight excluding hydrogens is 264 g/mol. The summed E-state index contributed by atoms with van der Waals surface area (Å²) in [4.78, 5) is 15.2. The summed E-state index contributed by atoms with van der Waals surface area (Å²) in [6, 6.07) is -6.09. The minimum atomic E-state index is -4.09. The first-order valence-electron chi connectivity index (χ1n) is 14.0. The second kappa shape index (κ2) is 4.88. The van der Waals surface area contributed by atoms with Crippen LogP contribution in [0.25, 0.3) is 10.9 Å². The minimum Gasteiger partial charge on any atom is -0.459 e. The van der Waals surface area contributed by atoms with E-state index in [2.05, 4.69) is 4.98 Å². The quantitative estimate of drug-likeness (QED) is 0.867. The van der Waals surface area contributed by atoms with Crippen LogP contribution in [0, 0.1) is 0 Å². The number of aromatic nitrogens is 1. The van der Waals surface area contributed by atoms with Gasteiger partial charge in [-0.05, 0) is 25.8 Å². The standard InChI is InChI=1S/C17H20N2O2/c1-19-11-6-7-12(19)9-13(8-11)21-17(20)15-10-18-16-5-3-2-4-14(15)16/h2-5,10-13,18H,6-9H2,1H3/t11-,12+,13?/i1D3,3D,5D,6D2,7D2,8D2,9D2,11D,12D,13D. The molecule has 110 valence electrons. The summed E-state index contributed by atoms with van der Waals surface area (Å²) >= 11 is 0. The van der Waals surface area contributed by atoms with E-state index < -0.39 is 67.0 Å². The van der Waals surface area contributed by atoms with Crippen molar-refractivity contribution in [2.45, 2.75) is 43.6 Å². The number of aromatic amines is 1. The Morgan fingerprint density at radius 1 is 1.57 bits per heavy atom. The molecule has 1 unspecified atom stereocenters. The highest BCUT2D eigenvalue weighted by atomic mass is 16.5. The van der Waals surface area contributed by atoms with Crippen molar-refractivity contribution in [2.75, 3.05) is 6.98 Å². The molecule has 1 aromatic carbocycles. The number of esters is 1. The summed E-state index contributed by atoms with van der Waals surface area (Å²) in [5.41, 5.74) is -0.486. The van der Waals surface area contributed by atoms with Gasteiger partial charge in [-0.25, -0.2) is 4.79 Å². The van der Waals surface area contributed by atoms with E-state index in [1.54, 1.807) is 0 Å². The maximum absolute atomic E-state index is 13.2. The number of nitrogens with zero attached hydrogens (tertiary/aromatic N) is 1. The van der Waals surface area contributed by atoms with Gasteiger partial charge in [-0.15, -0.1) is 0 Å². The molecular formula is C17H20N2O2. The van der Waals surface area contributed by atoms with Crippen molar-refractivity contribution in [3.63, 3.8) is 0 Å². The summed E-state index contributed by atoms with van der Waals surface area (Å²) in [7, 11) is 0. The van der Waals surface area contributed by atoms with Crippen molar-refractivity contribution >= 4 is 16.9 Å². The first-order valence-corrected chi connectivity index (χ1v) is 6.02. The molecule has 2 aromatic rings. The van der Waals surface area contributed by atoms with Crippen molar-refractivity contribution in [2.24, 2.45) is 0 Å². The number of carbonyl (C=O) groups excluding carboxylic acids is 1. The highest BCUT2D eigenvalue weighted by Gasteiger charge is 2.40. The second-order valence-corrected chi connectivity index (χ2v) is 4.34. The van der Waals surface area contributed by atoms with Crippen LogP contribution in [0.2, 0.25) is 0 Å². The van der Waals surface area contributed by atoms with E-state index in [-0.39, 0.29) is 23.0 Å². The number of hydrogen-bond donors (Lipinski definition) is 1. The Balaban J connectivity index is 1.98. The van der Waals surface area contributed by atoms with E-state index in [4.69, 9.17) is 26.7 Å². The Bertz CT molecular complexity index is 1280. The SMILES string of the molecule is [2H]c1ccc2c(C(=O)OC3([2H])C([2H])([2H])[C@]4([2H])N(C([2H])([2H])[2H])[C@]([2H])(C3([2H])[2H])C([2H])([2H])C4([2H])[2H])c[nH]c2c1[2H]. The number of benzene rings is 1. The molecule has 2 bridgehead atoms. The van der Waals surface area contributed by atoms with Gasteiger partial charge < -0.3 is 14.6 Å². The van der Waals surface area contributed by atoms with Gasteiger partial charge >= 0.3 is 5.97 Å². The first-order chi connectivity index (χ1) is 16.4. The van der Waals surface area contributed by atoms with E-state index in [1.807, 2.05) is 0 Å². The third-order valence-electron chi connectivity index (χ3n) is 3.08. The van der Waals surface area contributed by atoms with Crippen LogP contribution >= 0.6 is 0 Å². The molecule has 1 aromatic heterocycles. The number of H-pyrrole nitrogens is 1. The molecule has 1 N–H and O–H groups in total. The average molecular weight is 300 g/mol. The molecule has 2 aliphatic rings. The van der Waals surface area contributed by atoms with Crippen molar-refractivity contribution in [3.8, 4) is 0 Å². The van der Waals surface area contributed by atoms with Crippen LogP contribution in [-0.2, 0) is 4.74 Å². The number of para-hydroxylation sites is 1. The molecule has 3 heterocycles. The molecule has 4 nitrogen and oxygen atoms in total. The summed E-state index contributed by atoms with van der Waals surface area (Å²) in [5, 5.41) is -0.0366. The van der Waals surface area contributed by atoms with Gasteiger partial charge in [0.15, 0.2) is 0 Å². The van der Waals surface area contributed by atoms with Crippen LogP contribution in [0.1, 0.15) is 57.8 Å². The van der Waals surface area contributed by atoms with Gasteiger partial charge in [0.1, 0.15) is 6.08 Å². The van der Waals surface area contributed by atoms with E-state index in [0.717, 1.165) is 12.3 Å². The van der Waals surface area contributed by atoms with Gasteiger partial charge in [0.05, 0.1) is 9.68 Å². The smallest absolute Gasteiger partial charge is 0.340 e.